The van der Waals surface area contributed by atoms with E-state index in [2.05, 4.69) is 0 Å². The van der Waals surface area contributed by atoms with E-state index in [1.165, 1.54) is 9.80 Å². The van der Waals surface area contributed by atoms with Crippen LogP contribution in [0.3, 0.4) is 0 Å². The molecule has 32 heavy (non-hydrogen) atoms. The number of hydrogen-bond donors (Lipinski definition) is 1. The Labute approximate surface area is 235 Å². The van der Waals surface area contributed by atoms with Crippen molar-refractivity contribution in [3.63, 3.8) is 0 Å². The molecule has 0 spiro atoms. The molecule has 1 aliphatic carbocycles. The SMILES string of the molecule is CC(O)C1C(=O)N2C(C(=O)[O-])=C3C(CSc4ccc(C(=O)N(C)C)cc4)CCCC3C12.[K+]. The van der Waals surface area contributed by atoms with Gasteiger partial charge in [-0.25, -0.2) is 0 Å². The van der Waals surface area contributed by atoms with Crippen LogP contribution in [0.5, 0.6) is 0 Å². The molecule has 5 unspecified atom stereocenters. The summed E-state index contributed by atoms with van der Waals surface area (Å²) in [6, 6.07) is 7.15. The number of carbonyl (C=O) groups excluding carboxylic acids is 3. The largest absolute Gasteiger partial charge is 1.00 e. The normalized spacial score (nSPS) is 27.1. The molecule has 1 saturated carbocycles. The second-order valence-electron chi connectivity index (χ2n) is 8.83. The Morgan fingerprint density at radius 3 is 2.47 bits per heavy atom. The van der Waals surface area contributed by atoms with Gasteiger partial charge >= 0.3 is 51.4 Å². The Morgan fingerprint density at radius 2 is 1.91 bits per heavy atom. The van der Waals surface area contributed by atoms with Crippen molar-refractivity contribution in [2.45, 2.75) is 43.2 Å². The number of amides is 2. The third kappa shape index (κ3) is 4.49. The van der Waals surface area contributed by atoms with Crippen molar-refractivity contribution < 1.29 is 76.0 Å². The maximum atomic E-state index is 12.6. The number of thioether (sulfide) groups is 1. The maximum Gasteiger partial charge on any atom is 1.00 e. The van der Waals surface area contributed by atoms with E-state index in [1.54, 1.807) is 44.9 Å². The Balaban J connectivity index is 0.00000289. The van der Waals surface area contributed by atoms with Gasteiger partial charge in [-0.3, -0.25) is 9.59 Å². The maximum absolute atomic E-state index is 12.6. The summed E-state index contributed by atoms with van der Waals surface area (Å²) in [4.78, 5) is 40.5. The Kier molecular flexibility index (Phi) is 8.34. The number of fused-ring (bicyclic) bond motifs is 3. The quantitative estimate of drug-likeness (QED) is 0.290. The molecule has 1 N–H and O–H groups in total. The minimum Gasteiger partial charge on any atom is -0.543 e. The Hall–Kier alpha value is -0.684. The molecular weight excluding hydrogens is 455 g/mol. The van der Waals surface area contributed by atoms with Crippen LogP contribution in [0, 0.1) is 17.8 Å². The molecule has 0 bridgehead atoms. The summed E-state index contributed by atoms with van der Waals surface area (Å²) in [5.74, 6) is -1.50. The topological polar surface area (TPSA) is 101 Å². The molecule has 166 valence electrons. The van der Waals surface area contributed by atoms with Gasteiger partial charge in [0, 0.05) is 36.2 Å². The van der Waals surface area contributed by atoms with E-state index in [0.717, 1.165) is 29.7 Å². The smallest absolute Gasteiger partial charge is 0.543 e. The van der Waals surface area contributed by atoms with Crippen LogP contribution in [0.25, 0.3) is 0 Å². The monoisotopic (exact) mass is 482 g/mol. The third-order valence-electron chi connectivity index (χ3n) is 6.69. The Morgan fingerprint density at radius 1 is 1.25 bits per heavy atom. The Bertz CT molecular complexity index is 946. The number of aliphatic hydroxyl groups is 1. The van der Waals surface area contributed by atoms with Crippen molar-refractivity contribution >= 4 is 29.5 Å². The average Bonchev–Trinajstić information content (AvgIpc) is 3.03. The standard InChI is InChI=1S/C23H28N2O5S.K/c1-12(26)17-19-16-6-4-5-14(18(16)20(23(29)30)25(19)22(17)28)11-31-15-9-7-13(8-10-15)21(27)24(2)3;/h7-10,12,14,16-17,19,26H,4-6,11H2,1-3H3,(H,29,30);/q;+1/p-1. The van der Waals surface area contributed by atoms with Crippen LogP contribution in [0.1, 0.15) is 36.5 Å². The molecule has 3 aliphatic rings. The van der Waals surface area contributed by atoms with Crippen molar-refractivity contribution in [3.8, 4) is 0 Å². The van der Waals surface area contributed by atoms with Gasteiger partial charge in [-0.05, 0) is 55.5 Å². The van der Waals surface area contributed by atoms with Gasteiger partial charge < -0.3 is 24.8 Å². The fourth-order valence-electron chi connectivity index (χ4n) is 5.31. The summed E-state index contributed by atoms with van der Waals surface area (Å²) in [6.45, 7) is 1.59. The summed E-state index contributed by atoms with van der Waals surface area (Å²) >= 11 is 1.62. The van der Waals surface area contributed by atoms with Gasteiger partial charge in [-0.1, -0.05) is 6.42 Å². The van der Waals surface area contributed by atoms with Gasteiger partial charge in [0.25, 0.3) is 5.91 Å². The molecule has 1 saturated heterocycles. The number of β-lactam (4-membered cyclic amide) rings is 1. The first kappa shape index (κ1) is 25.9. The number of aliphatic carboxylic acids is 1. The number of carboxylic acids is 1. The number of rotatable bonds is 6. The van der Waals surface area contributed by atoms with Crippen molar-refractivity contribution in [3.05, 3.63) is 41.1 Å². The third-order valence-corrected chi connectivity index (χ3v) is 7.87. The van der Waals surface area contributed by atoms with E-state index in [4.69, 9.17) is 0 Å². The van der Waals surface area contributed by atoms with Gasteiger partial charge in [0.15, 0.2) is 0 Å². The fraction of sp³-hybridized carbons (Fsp3) is 0.522. The minimum atomic E-state index is -1.30. The van der Waals surface area contributed by atoms with Crippen LogP contribution < -0.4 is 56.5 Å². The van der Waals surface area contributed by atoms with E-state index >= 15 is 0 Å². The van der Waals surface area contributed by atoms with E-state index in [1.807, 2.05) is 12.1 Å². The van der Waals surface area contributed by atoms with Crippen molar-refractivity contribution in [1.82, 2.24) is 9.80 Å². The number of aliphatic hydroxyl groups excluding tert-OH is 1. The molecule has 2 amide bonds. The van der Waals surface area contributed by atoms with Crippen LogP contribution in [0.4, 0.5) is 0 Å². The summed E-state index contributed by atoms with van der Waals surface area (Å²) in [5, 5.41) is 22.0. The molecule has 1 aromatic carbocycles. The molecule has 1 aromatic rings. The minimum absolute atomic E-state index is 0. The molecule has 5 atom stereocenters. The van der Waals surface area contributed by atoms with E-state index in [-0.39, 0.29) is 86.8 Å². The average molecular weight is 483 g/mol. The van der Waals surface area contributed by atoms with Gasteiger partial charge in [0.05, 0.1) is 29.7 Å². The number of carbonyl (C=O) groups is 3. The molecule has 2 aliphatic heterocycles. The summed E-state index contributed by atoms with van der Waals surface area (Å²) < 4.78 is 0. The van der Waals surface area contributed by atoms with Crippen molar-refractivity contribution in [1.29, 1.82) is 0 Å². The second-order valence-corrected chi connectivity index (χ2v) is 9.92. The molecule has 2 fully saturated rings. The van der Waals surface area contributed by atoms with E-state index in [0.29, 0.717) is 11.3 Å². The molecule has 0 aromatic heterocycles. The van der Waals surface area contributed by atoms with Crippen LogP contribution in [0.15, 0.2) is 40.4 Å². The van der Waals surface area contributed by atoms with Crippen LogP contribution >= 0.6 is 11.8 Å². The van der Waals surface area contributed by atoms with Gasteiger partial charge in [-0.2, -0.15) is 0 Å². The molecule has 2 heterocycles. The van der Waals surface area contributed by atoms with Gasteiger partial charge in [-0.15, -0.1) is 11.8 Å². The summed E-state index contributed by atoms with van der Waals surface area (Å²) in [5.41, 5.74) is 1.48. The first-order chi connectivity index (χ1) is 14.7. The second kappa shape index (κ2) is 10.3. The predicted molar refractivity (Wildman–Crippen MR) is 114 cm³/mol. The first-order valence-electron chi connectivity index (χ1n) is 10.6. The van der Waals surface area contributed by atoms with Crippen LogP contribution in [0.2, 0.25) is 0 Å². The number of carboxylic acid groups (broad SMARTS) is 1. The zero-order valence-corrected chi connectivity index (χ0v) is 22.8. The molecule has 7 nitrogen and oxygen atoms in total. The molecular formula is C23H27KN2O5S. The van der Waals surface area contributed by atoms with E-state index in [9.17, 15) is 24.6 Å². The number of nitrogens with zero attached hydrogens (tertiary/aromatic N) is 2. The zero-order valence-electron chi connectivity index (χ0n) is 18.9. The number of hydrogen-bond acceptors (Lipinski definition) is 6. The van der Waals surface area contributed by atoms with Gasteiger partial charge in [0.2, 0.25) is 5.91 Å². The van der Waals surface area contributed by atoms with Crippen molar-refractivity contribution in [2.75, 3.05) is 19.8 Å². The van der Waals surface area contributed by atoms with E-state index < -0.39 is 18.0 Å². The summed E-state index contributed by atoms with van der Waals surface area (Å²) in [6.07, 6.45) is 1.85. The van der Waals surface area contributed by atoms with Crippen LogP contribution in [-0.4, -0.2) is 64.7 Å². The fourth-order valence-corrected chi connectivity index (χ4v) is 6.38. The summed E-state index contributed by atoms with van der Waals surface area (Å²) in [7, 11) is 3.43. The molecule has 9 heteroatoms. The first-order valence-corrected chi connectivity index (χ1v) is 11.6. The zero-order chi connectivity index (χ0) is 22.4. The predicted octanol–water partition coefficient (Wildman–Crippen LogP) is -1.87. The van der Waals surface area contributed by atoms with Crippen molar-refractivity contribution in [2.24, 2.45) is 17.8 Å². The van der Waals surface area contributed by atoms with Gasteiger partial charge in [0.1, 0.15) is 0 Å². The number of benzene rings is 1. The molecule has 4 rings (SSSR count). The molecule has 0 radical (unpaired) electrons. The van der Waals surface area contributed by atoms with Crippen LogP contribution in [-0.2, 0) is 9.59 Å².